The number of hydrogen-bond acceptors (Lipinski definition) is 3. The van der Waals surface area contributed by atoms with E-state index in [2.05, 4.69) is 45.3 Å². The minimum atomic E-state index is 0.202. The van der Waals surface area contributed by atoms with Crippen LogP contribution in [0.5, 0.6) is 0 Å². The van der Waals surface area contributed by atoms with E-state index in [0.29, 0.717) is 6.61 Å². The molecule has 0 unspecified atom stereocenters. The van der Waals surface area contributed by atoms with Crippen molar-refractivity contribution in [3.8, 4) is 0 Å². The molecule has 0 heterocycles. The smallest absolute Gasteiger partial charge is 0.0431 e. The third-order valence-electron chi connectivity index (χ3n) is 2.57. The van der Waals surface area contributed by atoms with E-state index in [1.54, 1.807) is 0 Å². The molecule has 0 saturated carbocycles. The van der Waals surface area contributed by atoms with Gasteiger partial charge in [-0.1, -0.05) is 13.8 Å². The van der Waals surface area contributed by atoms with Gasteiger partial charge in [-0.25, -0.2) is 0 Å². The van der Waals surface area contributed by atoms with E-state index in [1.807, 2.05) is 0 Å². The molecule has 3 nitrogen and oxygen atoms in total. The molecular formula is C13H30N2O. The van der Waals surface area contributed by atoms with Crippen LogP contribution in [0.25, 0.3) is 0 Å². The van der Waals surface area contributed by atoms with E-state index in [4.69, 9.17) is 5.11 Å². The lowest BCUT2D eigenvalue weighted by Gasteiger charge is -2.26. The van der Waals surface area contributed by atoms with Gasteiger partial charge in [-0.3, -0.25) is 0 Å². The number of hydrogen-bond donors (Lipinski definition) is 3. The maximum atomic E-state index is 8.80. The molecular weight excluding hydrogens is 200 g/mol. The Morgan fingerprint density at radius 1 is 1.00 bits per heavy atom. The second-order valence-electron chi connectivity index (χ2n) is 6.34. The summed E-state index contributed by atoms with van der Waals surface area (Å²) in [6.45, 7) is 14.3. The highest BCUT2D eigenvalue weighted by atomic mass is 16.2. The van der Waals surface area contributed by atoms with Crippen LogP contribution >= 0.6 is 0 Å². The van der Waals surface area contributed by atoms with Crippen LogP contribution in [0.4, 0.5) is 0 Å². The maximum absolute atomic E-state index is 8.80. The Labute approximate surface area is 101 Å². The van der Waals surface area contributed by atoms with Crippen LogP contribution in [0.3, 0.4) is 0 Å². The average molecular weight is 230 g/mol. The Morgan fingerprint density at radius 2 is 1.62 bits per heavy atom. The fourth-order valence-electron chi connectivity index (χ4n) is 1.60. The minimum Gasteiger partial charge on any atom is -0.396 e. The quantitative estimate of drug-likeness (QED) is 0.557. The van der Waals surface area contributed by atoms with Crippen molar-refractivity contribution in [2.24, 2.45) is 5.41 Å². The van der Waals surface area contributed by atoms with Gasteiger partial charge < -0.3 is 15.7 Å². The molecule has 0 saturated heterocycles. The Kier molecular flexibility index (Phi) is 7.20. The Balaban J connectivity index is 3.50. The van der Waals surface area contributed by atoms with Gasteiger partial charge in [0.05, 0.1) is 0 Å². The summed E-state index contributed by atoms with van der Waals surface area (Å²) in [7, 11) is 0. The maximum Gasteiger partial charge on any atom is 0.0431 e. The zero-order chi connectivity index (χ0) is 12.7. The van der Waals surface area contributed by atoms with E-state index >= 15 is 0 Å². The zero-order valence-corrected chi connectivity index (χ0v) is 11.7. The van der Waals surface area contributed by atoms with Gasteiger partial charge in [0, 0.05) is 31.8 Å². The van der Waals surface area contributed by atoms with Gasteiger partial charge in [-0.05, 0) is 39.0 Å². The molecule has 0 fully saturated rings. The van der Waals surface area contributed by atoms with Gasteiger partial charge in [-0.15, -0.1) is 0 Å². The standard InChI is InChI=1S/C13H30N2O/c1-12(2,3)15-9-8-14-11-13(4,5)7-6-10-16/h14-16H,6-11H2,1-5H3. The van der Waals surface area contributed by atoms with Crippen LogP contribution < -0.4 is 10.6 Å². The van der Waals surface area contributed by atoms with E-state index in [0.717, 1.165) is 32.5 Å². The van der Waals surface area contributed by atoms with Crippen molar-refractivity contribution in [2.45, 2.75) is 53.0 Å². The van der Waals surface area contributed by atoms with Gasteiger partial charge in [-0.2, -0.15) is 0 Å². The van der Waals surface area contributed by atoms with Crippen molar-refractivity contribution in [1.82, 2.24) is 10.6 Å². The van der Waals surface area contributed by atoms with Crippen molar-refractivity contribution in [3.63, 3.8) is 0 Å². The summed E-state index contributed by atoms with van der Waals surface area (Å²) in [4.78, 5) is 0. The molecule has 0 aliphatic rings. The summed E-state index contributed by atoms with van der Waals surface area (Å²) in [5.41, 5.74) is 0.485. The monoisotopic (exact) mass is 230 g/mol. The lowest BCUT2D eigenvalue weighted by molar-refractivity contribution is 0.236. The van der Waals surface area contributed by atoms with Crippen molar-refractivity contribution in [2.75, 3.05) is 26.2 Å². The summed E-state index contributed by atoms with van der Waals surface area (Å²) in [6.07, 6.45) is 1.97. The second-order valence-corrected chi connectivity index (χ2v) is 6.34. The summed E-state index contributed by atoms with van der Waals surface area (Å²) >= 11 is 0. The highest BCUT2D eigenvalue weighted by molar-refractivity contribution is 4.73. The molecule has 0 aromatic rings. The molecule has 0 aliphatic carbocycles. The van der Waals surface area contributed by atoms with Crippen LogP contribution in [-0.4, -0.2) is 36.9 Å². The molecule has 0 rings (SSSR count). The topological polar surface area (TPSA) is 44.3 Å². The van der Waals surface area contributed by atoms with Crippen molar-refractivity contribution in [1.29, 1.82) is 0 Å². The van der Waals surface area contributed by atoms with Crippen molar-refractivity contribution >= 4 is 0 Å². The fraction of sp³-hybridized carbons (Fsp3) is 1.00. The van der Waals surface area contributed by atoms with Gasteiger partial charge in [0.1, 0.15) is 0 Å². The van der Waals surface area contributed by atoms with Gasteiger partial charge in [0.2, 0.25) is 0 Å². The number of aliphatic hydroxyl groups excluding tert-OH is 1. The van der Waals surface area contributed by atoms with Gasteiger partial charge in [0.25, 0.3) is 0 Å². The number of nitrogens with one attached hydrogen (secondary N) is 2. The fourth-order valence-corrected chi connectivity index (χ4v) is 1.60. The first-order valence-corrected chi connectivity index (χ1v) is 6.33. The van der Waals surface area contributed by atoms with Gasteiger partial charge in [0.15, 0.2) is 0 Å². The summed E-state index contributed by atoms with van der Waals surface area (Å²) in [5, 5.41) is 15.7. The van der Waals surface area contributed by atoms with E-state index in [9.17, 15) is 0 Å². The molecule has 0 aliphatic heterocycles. The highest BCUT2D eigenvalue weighted by Crippen LogP contribution is 2.20. The van der Waals surface area contributed by atoms with Crippen LogP contribution in [-0.2, 0) is 0 Å². The first kappa shape index (κ1) is 15.9. The van der Waals surface area contributed by atoms with Crippen molar-refractivity contribution in [3.05, 3.63) is 0 Å². The molecule has 0 spiro atoms. The largest absolute Gasteiger partial charge is 0.396 e. The summed E-state index contributed by atoms with van der Waals surface area (Å²) in [6, 6.07) is 0. The highest BCUT2D eigenvalue weighted by Gasteiger charge is 2.16. The van der Waals surface area contributed by atoms with Gasteiger partial charge >= 0.3 is 0 Å². The lowest BCUT2D eigenvalue weighted by Crippen LogP contribution is -2.41. The molecule has 0 atom stereocenters. The average Bonchev–Trinajstić information content (AvgIpc) is 2.12. The third kappa shape index (κ3) is 10.4. The number of aliphatic hydroxyl groups is 1. The first-order chi connectivity index (χ1) is 7.27. The van der Waals surface area contributed by atoms with Crippen LogP contribution in [0.2, 0.25) is 0 Å². The van der Waals surface area contributed by atoms with E-state index < -0.39 is 0 Å². The first-order valence-electron chi connectivity index (χ1n) is 6.33. The predicted molar refractivity (Wildman–Crippen MR) is 70.7 cm³/mol. The molecule has 3 heteroatoms. The SMILES string of the molecule is CC(C)(CCCO)CNCCNC(C)(C)C. The lowest BCUT2D eigenvalue weighted by atomic mass is 9.88. The summed E-state index contributed by atoms with van der Waals surface area (Å²) < 4.78 is 0. The Hall–Kier alpha value is -0.120. The van der Waals surface area contributed by atoms with Crippen LogP contribution in [0.1, 0.15) is 47.5 Å². The Morgan fingerprint density at radius 3 is 2.12 bits per heavy atom. The summed E-state index contributed by atoms with van der Waals surface area (Å²) in [5.74, 6) is 0. The van der Waals surface area contributed by atoms with Crippen LogP contribution in [0.15, 0.2) is 0 Å². The number of rotatable bonds is 8. The van der Waals surface area contributed by atoms with Crippen LogP contribution in [0, 0.1) is 5.41 Å². The zero-order valence-electron chi connectivity index (χ0n) is 11.7. The molecule has 0 aromatic heterocycles. The molecule has 0 bridgehead atoms. The predicted octanol–water partition coefficient (Wildman–Crippen LogP) is 1.76. The molecule has 3 N–H and O–H groups in total. The molecule has 98 valence electrons. The molecule has 16 heavy (non-hydrogen) atoms. The van der Waals surface area contributed by atoms with Crippen molar-refractivity contribution < 1.29 is 5.11 Å². The second kappa shape index (κ2) is 7.25. The minimum absolute atomic E-state index is 0.202. The third-order valence-corrected chi connectivity index (χ3v) is 2.57. The van der Waals surface area contributed by atoms with E-state index in [-0.39, 0.29) is 11.0 Å². The normalized spacial score (nSPS) is 13.1. The Bertz CT molecular complexity index is 173. The van der Waals surface area contributed by atoms with E-state index in [1.165, 1.54) is 0 Å². The molecule has 0 radical (unpaired) electrons. The molecule has 0 amide bonds. The molecule has 0 aromatic carbocycles.